The Bertz CT molecular complexity index is 569. The fourth-order valence-electron chi connectivity index (χ4n) is 3.14. The van der Waals surface area contributed by atoms with Crippen LogP contribution in [0.2, 0.25) is 0 Å². The Morgan fingerprint density at radius 2 is 2.15 bits per heavy atom. The minimum Gasteiger partial charge on any atom is -0.351 e. The summed E-state index contributed by atoms with van der Waals surface area (Å²) >= 11 is 0. The maximum atomic E-state index is 12.6. The molecule has 1 aromatic carbocycles. The highest BCUT2D eigenvalue weighted by Gasteiger charge is 2.21. The summed E-state index contributed by atoms with van der Waals surface area (Å²) in [6.45, 7) is 4.04. The lowest BCUT2D eigenvalue weighted by Gasteiger charge is -2.19. The molecule has 0 saturated carbocycles. The van der Waals surface area contributed by atoms with Crippen LogP contribution in [0.1, 0.15) is 43.1 Å². The minimum atomic E-state index is 0.151. The minimum absolute atomic E-state index is 0.151. The van der Waals surface area contributed by atoms with Gasteiger partial charge in [-0.15, -0.1) is 0 Å². The van der Waals surface area contributed by atoms with E-state index in [2.05, 4.69) is 11.9 Å². The Hall–Kier alpha value is -1.77. The van der Waals surface area contributed by atoms with Crippen molar-refractivity contribution in [2.45, 2.75) is 32.6 Å². The van der Waals surface area contributed by atoms with Crippen LogP contribution < -0.4 is 0 Å². The van der Waals surface area contributed by atoms with E-state index in [1.54, 1.807) is 0 Å². The van der Waals surface area contributed by atoms with Crippen LogP contribution >= 0.6 is 0 Å². The van der Waals surface area contributed by atoms with Gasteiger partial charge in [0.25, 0.3) is 5.91 Å². The summed E-state index contributed by atoms with van der Waals surface area (Å²) in [6.07, 6.45) is 4.76. The molecule has 1 unspecified atom stereocenters. The van der Waals surface area contributed by atoms with E-state index in [0.29, 0.717) is 0 Å². The first-order valence-corrected chi connectivity index (χ1v) is 7.65. The summed E-state index contributed by atoms with van der Waals surface area (Å²) < 4.78 is 0. The highest BCUT2D eigenvalue weighted by molar-refractivity contribution is 5.98. The number of aromatic amines is 1. The van der Waals surface area contributed by atoms with E-state index in [-0.39, 0.29) is 5.91 Å². The topological polar surface area (TPSA) is 36.1 Å². The van der Waals surface area contributed by atoms with E-state index in [4.69, 9.17) is 0 Å². The first kappa shape index (κ1) is 13.2. The smallest absolute Gasteiger partial charge is 0.270 e. The average Bonchev–Trinajstić information content (AvgIpc) is 2.77. The third-order valence-corrected chi connectivity index (χ3v) is 4.47. The predicted molar refractivity (Wildman–Crippen MR) is 81.8 cm³/mol. The number of aromatic nitrogens is 1. The number of carbonyl (C=O) groups is 1. The molecule has 1 fully saturated rings. The van der Waals surface area contributed by atoms with E-state index in [9.17, 15) is 4.79 Å². The van der Waals surface area contributed by atoms with Gasteiger partial charge in [0.2, 0.25) is 0 Å². The van der Waals surface area contributed by atoms with Gasteiger partial charge in [0, 0.05) is 24.0 Å². The first-order chi connectivity index (χ1) is 9.78. The molecule has 0 spiro atoms. The van der Waals surface area contributed by atoms with Gasteiger partial charge in [0.15, 0.2) is 0 Å². The maximum absolute atomic E-state index is 12.6. The van der Waals surface area contributed by atoms with E-state index >= 15 is 0 Å². The third-order valence-electron chi connectivity index (χ3n) is 4.47. The summed E-state index contributed by atoms with van der Waals surface area (Å²) in [5.41, 5.74) is 1.76. The van der Waals surface area contributed by atoms with Crippen LogP contribution in [0.15, 0.2) is 30.3 Å². The number of likely N-dealkylation sites (tertiary alicyclic amines) is 1. The van der Waals surface area contributed by atoms with E-state index < -0.39 is 0 Å². The molecule has 0 radical (unpaired) electrons. The first-order valence-electron chi connectivity index (χ1n) is 7.65. The standard InChI is InChI=1S/C17H22N2O/c1-2-13-6-5-10-19(11-9-13)17(20)16-12-14-7-3-4-8-15(14)18-16/h3-4,7-8,12-13,18H,2,5-6,9-11H2,1H3. The quantitative estimate of drug-likeness (QED) is 0.884. The van der Waals surface area contributed by atoms with Gasteiger partial charge in [-0.2, -0.15) is 0 Å². The average molecular weight is 270 g/mol. The highest BCUT2D eigenvalue weighted by Crippen LogP contribution is 2.22. The molecule has 1 aliphatic rings. The number of carbonyl (C=O) groups excluding carboxylic acids is 1. The van der Waals surface area contributed by atoms with Gasteiger partial charge in [-0.3, -0.25) is 4.79 Å². The third kappa shape index (κ3) is 2.58. The lowest BCUT2D eigenvalue weighted by Crippen LogP contribution is -2.32. The number of fused-ring (bicyclic) bond motifs is 1. The zero-order valence-electron chi connectivity index (χ0n) is 12.1. The number of benzene rings is 1. The molecule has 3 nitrogen and oxygen atoms in total. The fourth-order valence-corrected chi connectivity index (χ4v) is 3.14. The molecule has 2 heterocycles. The molecule has 0 aliphatic carbocycles. The maximum Gasteiger partial charge on any atom is 0.270 e. The van der Waals surface area contributed by atoms with Crippen molar-refractivity contribution in [2.75, 3.05) is 13.1 Å². The zero-order valence-corrected chi connectivity index (χ0v) is 12.1. The Kier molecular flexibility index (Phi) is 3.77. The van der Waals surface area contributed by atoms with Gasteiger partial charge in [-0.25, -0.2) is 0 Å². The molecule has 1 atom stereocenters. The van der Waals surface area contributed by atoms with Gasteiger partial charge >= 0.3 is 0 Å². The van der Waals surface area contributed by atoms with Crippen LogP contribution in [0.3, 0.4) is 0 Å². The van der Waals surface area contributed by atoms with Crippen LogP contribution in [0.25, 0.3) is 10.9 Å². The summed E-state index contributed by atoms with van der Waals surface area (Å²) in [6, 6.07) is 10.0. The van der Waals surface area contributed by atoms with E-state index in [0.717, 1.165) is 48.4 Å². The number of nitrogens with one attached hydrogen (secondary N) is 1. The molecule has 1 N–H and O–H groups in total. The van der Waals surface area contributed by atoms with Crippen molar-refractivity contribution in [3.8, 4) is 0 Å². The van der Waals surface area contributed by atoms with Crippen LogP contribution in [0, 0.1) is 5.92 Å². The Balaban J connectivity index is 1.77. The summed E-state index contributed by atoms with van der Waals surface area (Å²) in [5, 5.41) is 1.11. The monoisotopic (exact) mass is 270 g/mol. The highest BCUT2D eigenvalue weighted by atomic mass is 16.2. The van der Waals surface area contributed by atoms with Gasteiger partial charge in [-0.1, -0.05) is 31.5 Å². The van der Waals surface area contributed by atoms with Gasteiger partial charge in [0.1, 0.15) is 5.69 Å². The Morgan fingerprint density at radius 1 is 1.30 bits per heavy atom. The van der Waals surface area contributed by atoms with Crippen LogP contribution in [0.5, 0.6) is 0 Å². The molecule has 1 aromatic heterocycles. The second-order valence-corrected chi connectivity index (χ2v) is 5.77. The second-order valence-electron chi connectivity index (χ2n) is 5.77. The van der Waals surface area contributed by atoms with Crippen molar-refractivity contribution in [3.63, 3.8) is 0 Å². The number of rotatable bonds is 2. The van der Waals surface area contributed by atoms with Crippen LogP contribution in [0.4, 0.5) is 0 Å². The lowest BCUT2D eigenvalue weighted by molar-refractivity contribution is 0.0755. The van der Waals surface area contributed by atoms with Crippen molar-refractivity contribution >= 4 is 16.8 Å². The summed E-state index contributed by atoms with van der Waals surface area (Å²) in [4.78, 5) is 17.9. The molecule has 1 saturated heterocycles. The molecule has 20 heavy (non-hydrogen) atoms. The van der Waals surface area contributed by atoms with Crippen molar-refractivity contribution < 1.29 is 4.79 Å². The van der Waals surface area contributed by atoms with Crippen molar-refractivity contribution in [3.05, 3.63) is 36.0 Å². The molecule has 3 heteroatoms. The van der Waals surface area contributed by atoms with Gasteiger partial charge < -0.3 is 9.88 Å². The molecule has 106 valence electrons. The second kappa shape index (κ2) is 5.70. The number of para-hydroxylation sites is 1. The van der Waals surface area contributed by atoms with E-state index in [1.165, 1.54) is 12.8 Å². The Morgan fingerprint density at radius 3 is 2.95 bits per heavy atom. The molecule has 2 aromatic rings. The molecule has 0 bridgehead atoms. The zero-order chi connectivity index (χ0) is 13.9. The number of hydrogen-bond donors (Lipinski definition) is 1. The molecular formula is C17H22N2O. The van der Waals surface area contributed by atoms with Crippen molar-refractivity contribution in [1.29, 1.82) is 0 Å². The summed E-state index contributed by atoms with van der Waals surface area (Å²) in [5.74, 6) is 0.938. The summed E-state index contributed by atoms with van der Waals surface area (Å²) in [7, 11) is 0. The van der Waals surface area contributed by atoms with E-state index in [1.807, 2.05) is 35.2 Å². The number of nitrogens with zero attached hydrogens (tertiary/aromatic N) is 1. The Labute approximate surface area is 120 Å². The van der Waals surface area contributed by atoms with Crippen LogP contribution in [-0.2, 0) is 0 Å². The SMILES string of the molecule is CCC1CCCN(C(=O)c2cc3ccccc3[nH]2)CC1. The number of hydrogen-bond acceptors (Lipinski definition) is 1. The molecular weight excluding hydrogens is 248 g/mol. The van der Waals surface area contributed by atoms with Crippen molar-refractivity contribution in [1.82, 2.24) is 9.88 Å². The van der Waals surface area contributed by atoms with Crippen molar-refractivity contribution in [2.24, 2.45) is 5.92 Å². The largest absolute Gasteiger partial charge is 0.351 e. The fraction of sp³-hybridized carbons (Fsp3) is 0.471. The van der Waals surface area contributed by atoms with Crippen LogP contribution in [-0.4, -0.2) is 28.9 Å². The number of H-pyrrole nitrogens is 1. The lowest BCUT2D eigenvalue weighted by atomic mass is 9.98. The predicted octanol–water partition coefficient (Wildman–Crippen LogP) is 3.82. The molecule has 1 aliphatic heterocycles. The molecule has 3 rings (SSSR count). The van der Waals surface area contributed by atoms with Gasteiger partial charge in [0.05, 0.1) is 0 Å². The normalized spacial score (nSPS) is 20.1. The molecule has 1 amide bonds. The number of amides is 1. The van der Waals surface area contributed by atoms with Gasteiger partial charge in [-0.05, 0) is 37.3 Å².